The lowest BCUT2D eigenvalue weighted by atomic mass is 10.1. The summed E-state index contributed by atoms with van der Waals surface area (Å²) in [6, 6.07) is 0. The van der Waals surface area contributed by atoms with E-state index in [0.717, 1.165) is 0 Å². The van der Waals surface area contributed by atoms with Crippen LogP contribution in [0.2, 0.25) is 0 Å². The fourth-order valence-corrected chi connectivity index (χ4v) is 0.834. The molecule has 4 heteroatoms. The number of esters is 1. The van der Waals surface area contributed by atoms with Crippen LogP contribution in [0.25, 0.3) is 0 Å². The van der Waals surface area contributed by atoms with E-state index >= 15 is 0 Å². The Morgan fingerprint density at radius 1 is 1.54 bits per heavy atom. The van der Waals surface area contributed by atoms with Crippen molar-refractivity contribution >= 4 is 18.0 Å². The summed E-state index contributed by atoms with van der Waals surface area (Å²) in [4.78, 5) is 25.6. The van der Waals surface area contributed by atoms with Gasteiger partial charge in [-0.25, -0.2) is 4.79 Å². The molecule has 0 aliphatic rings. The molecule has 74 valence electrons. The van der Waals surface area contributed by atoms with Crippen molar-refractivity contribution in [3.63, 3.8) is 0 Å². The van der Waals surface area contributed by atoms with Crippen molar-refractivity contribution < 1.29 is 14.3 Å². The molecule has 0 saturated carbocycles. The minimum atomic E-state index is -0.496. The summed E-state index contributed by atoms with van der Waals surface area (Å²) in [6.45, 7) is 5.92. The van der Waals surface area contributed by atoms with Crippen LogP contribution >= 0.6 is 0 Å². The molecule has 0 bridgehead atoms. The van der Waals surface area contributed by atoms with Gasteiger partial charge < -0.3 is 9.53 Å². The fourth-order valence-electron chi connectivity index (χ4n) is 0.834. The molecule has 0 aromatic rings. The third-order valence-electron chi connectivity index (χ3n) is 1.45. The highest BCUT2D eigenvalue weighted by atomic mass is 16.5. The predicted molar refractivity (Wildman–Crippen MR) is 49.8 cm³/mol. The van der Waals surface area contributed by atoms with Gasteiger partial charge >= 0.3 is 5.97 Å². The van der Waals surface area contributed by atoms with E-state index in [1.54, 1.807) is 20.8 Å². The second-order valence-corrected chi connectivity index (χ2v) is 2.50. The van der Waals surface area contributed by atoms with Gasteiger partial charge in [-0.15, -0.1) is 0 Å². The van der Waals surface area contributed by atoms with Crippen LogP contribution in [0, 0.1) is 5.92 Å². The molecule has 0 aliphatic heterocycles. The Morgan fingerprint density at radius 2 is 2.15 bits per heavy atom. The lowest BCUT2D eigenvalue weighted by molar-refractivity contribution is -0.135. The Kier molecular flexibility index (Phi) is 5.76. The molecule has 0 aromatic carbocycles. The first-order valence-corrected chi connectivity index (χ1v) is 4.34. The van der Waals surface area contributed by atoms with Gasteiger partial charge in [0.05, 0.1) is 12.5 Å². The van der Waals surface area contributed by atoms with Gasteiger partial charge in [-0.05, 0) is 20.8 Å². The average Bonchev–Trinajstić information content (AvgIpc) is 2.13. The highest BCUT2D eigenvalue weighted by Crippen LogP contribution is 1.98. The Bertz CT molecular complexity index is 211. The van der Waals surface area contributed by atoms with Crippen molar-refractivity contribution in [2.24, 2.45) is 10.9 Å². The topological polar surface area (TPSA) is 55.7 Å². The van der Waals surface area contributed by atoms with Crippen molar-refractivity contribution in [3.8, 4) is 0 Å². The van der Waals surface area contributed by atoms with E-state index in [2.05, 4.69) is 4.99 Å². The summed E-state index contributed by atoms with van der Waals surface area (Å²) in [5, 5.41) is 0. The first-order chi connectivity index (χ1) is 6.17. The summed E-state index contributed by atoms with van der Waals surface area (Å²) in [7, 11) is 0. The molecule has 0 aliphatic carbocycles. The molecule has 13 heavy (non-hydrogen) atoms. The summed E-state index contributed by atoms with van der Waals surface area (Å²) in [6.07, 6.45) is 0.686. The normalized spacial score (nSPS) is 13.6. The quantitative estimate of drug-likeness (QED) is 0.362. The maximum Gasteiger partial charge on any atom is 0.352 e. The zero-order valence-corrected chi connectivity index (χ0v) is 8.24. The van der Waals surface area contributed by atoms with Gasteiger partial charge in [-0.2, -0.15) is 0 Å². The largest absolute Gasteiger partial charge is 0.462 e. The van der Waals surface area contributed by atoms with Crippen LogP contribution < -0.4 is 0 Å². The number of carbonyl (C=O) groups excluding carboxylic acids is 2. The Hall–Kier alpha value is -1.19. The number of aldehydes is 1. The summed E-state index contributed by atoms with van der Waals surface area (Å²) in [5.74, 6) is -0.983. The second kappa shape index (κ2) is 6.34. The lowest BCUT2D eigenvalue weighted by Crippen LogP contribution is -2.25. The van der Waals surface area contributed by atoms with Gasteiger partial charge in [-0.1, -0.05) is 0 Å². The van der Waals surface area contributed by atoms with E-state index in [9.17, 15) is 9.59 Å². The van der Waals surface area contributed by atoms with Crippen LogP contribution in [0.15, 0.2) is 4.99 Å². The molecule has 0 radical (unpaired) electrons. The number of hydrogen-bond acceptors (Lipinski definition) is 4. The number of ether oxygens (including phenoxy) is 1. The Labute approximate surface area is 78.0 Å². The molecule has 1 unspecified atom stereocenters. The molecule has 0 amide bonds. The second-order valence-electron chi connectivity index (χ2n) is 2.50. The minimum absolute atomic E-state index is 0.208. The van der Waals surface area contributed by atoms with Crippen LogP contribution in [-0.4, -0.2) is 31.1 Å². The number of carbonyl (C=O) groups is 2. The fraction of sp³-hybridized carbons (Fsp3) is 0.667. The van der Waals surface area contributed by atoms with Crippen molar-refractivity contribution in [2.75, 3.05) is 13.2 Å². The van der Waals surface area contributed by atoms with E-state index in [-0.39, 0.29) is 5.71 Å². The maximum absolute atomic E-state index is 11.2. The van der Waals surface area contributed by atoms with Crippen LogP contribution in [0.1, 0.15) is 20.8 Å². The van der Waals surface area contributed by atoms with E-state index in [4.69, 9.17) is 4.74 Å². The molecule has 1 atom stereocenters. The van der Waals surface area contributed by atoms with Crippen molar-refractivity contribution in [1.82, 2.24) is 0 Å². The van der Waals surface area contributed by atoms with Gasteiger partial charge in [0.1, 0.15) is 12.0 Å². The maximum atomic E-state index is 11.2. The van der Waals surface area contributed by atoms with Gasteiger partial charge in [0.15, 0.2) is 0 Å². The third-order valence-corrected chi connectivity index (χ3v) is 1.45. The lowest BCUT2D eigenvalue weighted by Gasteiger charge is -2.07. The summed E-state index contributed by atoms with van der Waals surface area (Å²) in [5.41, 5.74) is 0.208. The molecule has 0 saturated heterocycles. The van der Waals surface area contributed by atoms with Crippen LogP contribution in [0.5, 0.6) is 0 Å². The van der Waals surface area contributed by atoms with E-state index in [1.807, 2.05) is 0 Å². The third kappa shape index (κ3) is 3.83. The zero-order valence-electron chi connectivity index (χ0n) is 8.24. The van der Waals surface area contributed by atoms with Gasteiger partial charge in [0, 0.05) is 6.54 Å². The van der Waals surface area contributed by atoms with Crippen LogP contribution in [0.3, 0.4) is 0 Å². The zero-order chi connectivity index (χ0) is 10.3. The van der Waals surface area contributed by atoms with Crippen LogP contribution in [-0.2, 0) is 14.3 Å². The summed E-state index contributed by atoms with van der Waals surface area (Å²) < 4.78 is 4.75. The predicted octanol–water partition coefficient (Wildman–Crippen LogP) is 0.845. The average molecular weight is 185 g/mol. The molecule has 0 heterocycles. The van der Waals surface area contributed by atoms with E-state index < -0.39 is 11.9 Å². The summed E-state index contributed by atoms with van der Waals surface area (Å²) >= 11 is 0. The molecule has 0 aromatic heterocycles. The Balaban J connectivity index is 4.51. The van der Waals surface area contributed by atoms with Gasteiger partial charge in [0.25, 0.3) is 0 Å². The van der Waals surface area contributed by atoms with E-state index in [1.165, 1.54) is 0 Å². The monoisotopic (exact) mass is 185 g/mol. The number of nitrogens with zero attached hydrogens (tertiary/aromatic N) is 1. The van der Waals surface area contributed by atoms with Gasteiger partial charge in [0.2, 0.25) is 0 Å². The van der Waals surface area contributed by atoms with Crippen LogP contribution in [0.4, 0.5) is 0 Å². The number of rotatable bonds is 5. The molecule has 0 rings (SSSR count). The Morgan fingerprint density at radius 3 is 2.54 bits per heavy atom. The van der Waals surface area contributed by atoms with Gasteiger partial charge in [-0.3, -0.25) is 4.99 Å². The minimum Gasteiger partial charge on any atom is -0.462 e. The van der Waals surface area contributed by atoms with Crippen molar-refractivity contribution in [3.05, 3.63) is 0 Å². The van der Waals surface area contributed by atoms with Crippen molar-refractivity contribution in [1.29, 1.82) is 0 Å². The standard InChI is InChI=1S/C9H15NO3/c1-4-10-8(7(3)6-11)9(12)13-5-2/h6-7H,4-5H2,1-3H3. The molecular formula is C9H15NO3. The SMILES string of the molecule is CCN=C(C(=O)OCC)C(C)C=O. The first-order valence-electron chi connectivity index (χ1n) is 4.34. The molecule has 0 N–H and O–H groups in total. The highest BCUT2D eigenvalue weighted by molar-refractivity contribution is 6.39. The number of aliphatic imine (C=N–C) groups is 1. The molecular weight excluding hydrogens is 170 g/mol. The highest BCUT2D eigenvalue weighted by Gasteiger charge is 2.18. The first kappa shape index (κ1) is 11.8. The molecule has 4 nitrogen and oxygen atoms in total. The molecule has 0 spiro atoms. The van der Waals surface area contributed by atoms with E-state index in [0.29, 0.717) is 19.4 Å². The number of hydrogen-bond donors (Lipinski definition) is 0. The smallest absolute Gasteiger partial charge is 0.352 e. The molecule has 0 fully saturated rings. The van der Waals surface area contributed by atoms with Crippen molar-refractivity contribution in [2.45, 2.75) is 20.8 Å².